The van der Waals surface area contributed by atoms with E-state index in [1.54, 1.807) is 13.3 Å². The molecule has 0 spiro atoms. The largest absolute Gasteiger partial charge is 0.483 e. The number of nitrogens with two attached hydrogens (primary N) is 1. The van der Waals surface area contributed by atoms with Crippen molar-refractivity contribution in [3.63, 3.8) is 0 Å². The summed E-state index contributed by atoms with van der Waals surface area (Å²) < 4.78 is 5.35. The first-order valence-corrected chi connectivity index (χ1v) is 7.46. The van der Waals surface area contributed by atoms with Crippen molar-refractivity contribution in [1.82, 2.24) is 9.97 Å². The van der Waals surface area contributed by atoms with Gasteiger partial charge in [0.2, 0.25) is 5.88 Å². The van der Waals surface area contributed by atoms with E-state index >= 15 is 0 Å². The molecule has 0 saturated carbocycles. The van der Waals surface area contributed by atoms with Crippen molar-refractivity contribution in [1.29, 1.82) is 5.26 Å². The average molecular weight is 326 g/mol. The second-order valence-electron chi connectivity index (χ2n) is 5.16. The summed E-state index contributed by atoms with van der Waals surface area (Å²) in [6.45, 7) is -0.250. The fraction of sp³-hybridized carbons (Fsp3) is 0.294. The average Bonchev–Trinajstić information content (AvgIpc) is 2.61. The summed E-state index contributed by atoms with van der Waals surface area (Å²) in [5, 5.41) is 16.4. The Hall–Kier alpha value is -3.14. The number of rotatable bonds is 2. The van der Waals surface area contributed by atoms with Crippen LogP contribution in [0.2, 0.25) is 0 Å². The maximum Gasteiger partial charge on any atom is 0.290 e. The Balaban J connectivity index is 0.000000647. The molecule has 0 atom stereocenters. The van der Waals surface area contributed by atoms with Crippen LogP contribution in [0.25, 0.3) is 11.1 Å². The number of nitriles is 1. The SMILES string of the molecule is COc1ncccc1-c1c(C#N)c(N)nc2c1CCCC2.O=CO. The zero-order valence-electron chi connectivity index (χ0n) is 13.3. The second kappa shape index (κ2) is 7.92. The zero-order chi connectivity index (χ0) is 17.5. The van der Waals surface area contributed by atoms with E-state index < -0.39 is 0 Å². The summed E-state index contributed by atoms with van der Waals surface area (Å²) in [7, 11) is 1.58. The summed E-state index contributed by atoms with van der Waals surface area (Å²) in [5.41, 5.74) is 10.2. The van der Waals surface area contributed by atoms with E-state index in [2.05, 4.69) is 16.0 Å². The lowest BCUT2D eigenvalue weighted by Crippen LogP contribution is -2.12. The first-order valence-electron chi connectivity index (χ1n) is 7.46. The third-order valence-electron chi connectivity index (χ3n) is 3.85. The van der Waals surface area contributed by atoms with Gasteiger partial charge in [0, 0.05) is 23.0 Å². The predicted molar refractivity (Wildman–Crippen MR) is 88.5 cm³/mol. The Morgan fingerprint density at radius 3 is 2.79 bits per heavy atom. The van der Waals surface area contributed by atoms with Crippen LogP contribution in [-0.2, 0) is 17.6 Å². The van der Waals surface area contributed by atoms with Crippen molar-refractivity contribution >= 4 is 12.3 Å². The number of nitrogens with zero attached hydrogens (tertiary/aromatic N) is 3. The van der Waals surface area contributed by atoms with Crippen LogP contribution in [0.15, 0.2) is 18.3 Å². The molecule has 0 amide bonds. The number of hydrogen-bond acceptors (Lipinski definition) is 6. The highest BCUT2D eigenvalue weighted by Crippen LogP contribution is 2.38. The molecule has 2 aromatic heterocycles. The van der Waals surface area contributed by atoms with Crippen molar-refractivity contribution in [2.45, 2.75) is 25.7 Å². The van der Waals surface area contributed by atoms with Crippen LogP contribution in [0.3, 0.4) is 0 Å². The molecule has 7 nitrogen and oxygen atoms in total. The summed E-state index contributed by atoms with van der Waals surface area (Å²) in [6.07, 6.45) is 5.69. The highest BCUT2D eigenvalue weighted by Gasteiger charge is 2.24. The minimum absolute atomic E-state index is 0.250. The number of carboxylic acid groups (broad SMARTS) is 1. The fourth-order valence-electron chi connectivity index (χ4n) is 2.92. The number of methoxy groups -OCH3 is 1. The molecule has 2 aromatic rings. The van der Waals surface area contributed by atoms with Crippen LogP contribution in [-0.4, -0.2) is 28.7 Å². The number of hydrogen-bond donors (Lipinski definition) is 2. The van der Waals surface area contributed by atoms with E-state index in [0.717, 1.165) is 48.1 Å². The van der Waals surface area contributed by atoms with Gasteiger partial charge in [-0.25, -0.2) is 9.97 Å². The molecule has 3 N–H and O–H groups in total. The molecule has 1 aliphatic rings. The van der Waals surface area contributed by atoms with Gasteiger partial charge in [-0.05, 0) is 43.4 Å². The third kappa shape index (κ3) is 3.27. The Bertz CT molecular complexity index is 784. The Morgan fingerprint density at radius 2 is 2.12 bits per heavy atom. The molecule has 7 heteroatoms. The summed E-state index contributed by atoms with van der Waals surface area (Å²) >= 11 is 0. The molecular formula is C17H18N4O3. The Kier molecular flexibility index (Phi) is 5.68. The van der Waals surface area contributed by atoms with Crippen LogP contribution in [0, 0.1) is 11.3 Å². The molecule has 3 rings (SSSR count). The molecule has 1 aliphatic carbocycles. The molecular weight excluding hydrogens is 308 g/mol. The van der Waals surface area contributed by atoms with Crippen molar-refractivity contribution in [2.24, 2.45) is 0 Å². The molecule has 0 radical (unpaired) electrons. The summed E-state index contributed by atoms with van der Waals surface area (Å²) in [4.78, 5) is 17.0. The van der Waals surface area contributed by atoms with Crippen LogP contribution in [0.5, 0.6) is 5.88 Å². The van der Waals surface area contributed by atoms with E-state index in [0.29, 0.717) is 17.3 Å². The number of carbonyl (C=O) groups is 1. The number of ether oxygens (including phenoxy) is 1. The maximum absolute atomic E-state index is 9.49. The summed E-state index contributed by atoms with van der Waals surface area (Å²) in [6, 6.07) is 5.94. The van der Waals surface area contributed by atoms with E-state index in [4.69, 9.17) is 20.4 Å². The highest BCUT2D eigenvalue weighted by atomic mass is 16.5. The zero-order valence-corrected chi connectivity index (χ0v) is 13.3. The Morgan fingerprint density at radius 1 is 1.42 bits per heavy atom. The van der Waals surface area contributed by atoms with Gasteiger partial charge in [0.15, 0.2) is 0 Å². The van der Waals surface area contributed by atoms with Gasteiger partial charge in [-0.3, -0.25) is 4.79 Å². The van der Waals surface area contributed by atoms with Crippen LogP contribution >= 0.6 is 0 Å². The highest BCUT2D eigenvalue weighted by molar-refractivity contribution is 5.81. The lowest BCUT2D eigenvalue weighted by Gasteiger charge is -2.21. The maximum atomic E-state index is 9.49. The van der Waals surface area contributed by atoms with Crippen LogP contribution < -0.4 is 10.5 Å². The number of nitrogen functional groups attached to an aromatic ring is 1. The van der Waals surface area contributed by atoms with E-state index in [9.17, 15) is 5.26 Å². The first-order chi connectivity index (χ1) is 11.7. The molecule has 0 saturated heterocycles. The van der Waals surface area contributed by atoms with Crippen LogP contribution in [0.1, 0.15) is 29.7 Å². The smallest absolute Gasteiger partial charge is 0.290 e. The molecule has 0 aromatic carbocycles. The monoisotopic (exact) mass is 326 g/mol. The van der Waals surface area contributed by atoms with Gasteiger partial charge < -0.3 is 15.6 Å². The van der Waals surface area contributed by atoms with Gasteiger partial charge in [0.05, 0.1) is 7.11 Å². The van der Waals surface area contributed by atoms with E-state index in [-0.39, 0.29) is 6.47 Å². The standard InChI is InChI=1S/C16H16N4O.CH2O2/c1-21-16-11(6-4-8-19-16)14-10-5-2-3-7-13(10)20-15(18)12(14)9-17;2-1-3/h4,6,8H,2-3,5,7H2,1H3,(H2,18,20);1H,(H,2,3). The van der Waals surface area contributed by atoms with Crippen LogP contribution in [0.4, 0.5) is 5.82 Å². The van der Waals surface area contributed by atoms with Crippen molar-refractivity contribution in [3.05, 3.63) is 35.2 Å². The first kappa shape index (κ1) is 17.2. The Labute approximate surface area is 139 Å². The van der Waals surface area contributed by atoms with Gasteiger partial charge in [-0.15, -0.1) is 0 Å². The lowest BCUT2D eigenvalue weighted by molar-refractivity contribution is -0.122. The molecule has 0 aliphatic heterocycles. The predicted octanol–water partition coefficient (Wildman–Crippen LogP) is 2.19. The van der Waals surface area contributed by atoms with E-state index in [1.807, 2.05) is 12.1 Å². The van der Waals surface area contributed by atoms with Crippen molar-refractivity contribution < 1.29 is 14.6 Å². The quantitative estimate of drug-likeness (QED) is 0.811. The second-order valence-corrected chi connectivity index (χ2v) is 5.16. The van der Waals surface area contributed by atoms with Gasteiger partial charge in [0.25, 0.3) is 6.47 Å². The molecule has 24 heavy (non-hydrogen) atoms. The van der Waals surface area contributed by atoms with Gasteiger partial charge >= 0.3 is 0 Å². The number of anilines is 1. The van der Waals surface area contributed by atoms with Gasteiger partial charge in [0.1, 0.15) is 17.5 Å². The van der Waals surface area contributed by atoms with Gasteiger partial charge in [-0.2, -0.15) is 5.26 Å². The third-order valence-corrected chi connectivity index (χ3v) is 3.85. The lowest BCUT2D eigenvalue weighted by atomic mass is 9.87. The molecule has 124 valence electrons. The van der Waals surface area contributed by atoms with E-state index in [1.165, 1.54) is 0 Å². The molecule has 0 bridgehead atoms. The molecule has 0 unspecified atom stereocenters. The topological polar surface area (TPSA) is 122 Å². The summed E-state index contributed by atoms with van der Waals surface area (Å²) in [5.74, 6) is 0.798. The number of aromatic nitrogens is 2. The molecule has 2 heterocycles. The number of fused-ring (bicyclic) bond motifs is 1. The normalized spacial score (nSPS) is 12.2. The van der Waals surface area contributed by atoms with Gasteiger partial charge in [-0.1, -0.05) is 0 Å². The van der Waals surface area contributed by atoms with Crippen molar-refractivity contribution in [2.75, 3.05) is 12.8 Å². The van der Waals surface area contributed by atoms with Crippen molar-refractivity contribution in [3.8, 4) is 23.1 Å². The number of aryl methyl sites for hydroxylation is 1. The minimum Gasteiger partial charge on any atom is -0.483 e. The minimum atomic E-state index is -0.250. The number of pyridine rings is 2. The molecule has 0 fully saturated rings. The fourth-order valence-corrected chi connectivity index (χ4v) is 2.92.